The molecule has 4 rings (SSSR count). The highest BCUT2D eigenvalue weighted by Crippen LogP contribution is 2.67. The number of ether oxygens (including phenoxy) is 1. The number of fused-ring (bicyclic) bond motifs is 5. The van der Waals surface area contributed by atoms with Crippen molar-refractivity contribution in [2.75, 3.05) is 6.61 Å². The van der Waals surface area contributed by atoms with E-state index in [4.69, 9.17) is 4.74 Å². The van der Waals surface area contributed by atoms with Crippen molar-refractivity contribution < 1.29 is 34.4 Å². The molecule has 4 aliphatic rings. The number of hydrogen-bond donors (Lipinski definition) is 3. The number of hydrogen-bond acceptors (Lipinski definition) is 7. The average molecular weight is 479 g/mol. The van der Waals surface area contributed by atoms with Crippen molar-refractivity contribution in [3.05, 3.63) is 11.6 Å². The van der Waals surface area contributed by atoms with Gasteiger partial charge in [-0.2, -0.15) is 0 Å². The largest absolute Gasteiger partial charge is 0.460 e. The van der Waals surface area contributed by atoms with E-state index in [0.29, 0.717) is 19.3 Å². The molecule has 0 saturated heterocycles. The summed E-state index contributed by atoms with van der Waals surface area (Å²) < 4.78 is 4.80. The van der Waals surface area contributed by atoms with E-state index in [1.54, 1.807) is 6.08 Å². The number of carbonyl (C=O) groups is 3. The third-order valence-corrected chi connectivity index (χ3v) is 9.10. The van der Waals surface area contributed by atoms with Gasteiger partial charge in [-0.3, -0.25) is 14.4 Å². The van der Waals surface area contributed by atoms with Crippen LogP contribution in [0, 0.1) is 28.6 Å². The molecule has 192 valence electrons. The fraction of sp³-hybridized carbons (Fsp3) is 0.815. The summed E-state index contributed by atoms with van der Waals surface area (Å²) in [5.41, 5.74) is -1.56. The standard InChI is InChI=1S/C21H30O5.C6H12O2/c1-19-7-5-13(23)9-12(19)3-4-14-15-6-8-21(26,17(25)11-22)20(15,2)10-16(24)18(14)19;1-5(7)8-6(2,3)4/h9,14-16,18,22,24,26H,3-8,10-11H2,1-2H3;1-4H3/t14-,15-,16-,18+,19-,20-,21-;/m0./s1. The van der Waals surface area contributed by atoms with Gasteiger partial charge < -0.3 is 20.1 Å². The average Bonchev–Trinajstić information content (AvgIpc) is 2.97. The molecule has 0 radical (unpaired) electrons. The van der Waals surface area contributed by atoms with E-state index in [-0.39, 0.29) is 40.5 Å². The van der Waals surface area contributed by atoms with Gasteiger partial charge in [0.05, 0.1) is 6.10 Å². The molecule has 0 amide bonds. The first kappa shape index (κ1) is 27.0. The Labute approximate surface area is 203 Å². The minimum atomic E-state index is -1.54. The summed E-state index contributed by atoms with van der Waals surface area (Å²) in [7, 11) is 0. The van der Waals surface area contributed by atoms with Gasteiger partial charge in [0, 0.05) is 18.8 Å². The predicted octanol–water partition coefficient (Wildman–Crippen LogP) is 3.13. The third kappa shape index (κ3) is 4.51. The van der Waals surface area contributed by atoms with E-state index < -0.39 is 29.5 Å². The summed E-state index contributed by atoms with van der Waals surface area (Å²) in [5, 5.41) is 31.7. The molecule has 7 heteroatoms. The van der Waals surface area contributed by atoms with Gasteiger partial charge in [0.1, 0.15) is 17.8 Å². The van der Waals surface area contributed by atoms with E-state index in [1.807, 2.05) is 27.7 Å². The second-order valence-electron chi connectivity index (χ2n) is 12.3. The number of allylic oxidation sites excluding steroid dienone is 1. The molecule has 3 N–H and O–H groups in total. The molecule has 0 unspecified atom stereocenters. The molecule has 3 saturated carbocycles. The summed E-state index contributed by atoms with van der Waals surface area (Å²) in [4.78, 5) is 34.5. The van der Waals surface area contributed by atoms with Crippen molar-refractivity contribution in [1.82, 2.24) is 0 Å². The number of aliphatic hydroxyl groups excluding tert-OH is 2. The minimum absolute atomic E-state index is 0.0697. The first-order valence-electron chi connectivity index (χ1n) is 12.6. The number of aliphatic hydroxyl groups is 3. The molecule has 3 fully saturated rings. The Morgan fingerprint density at radius 3 is 2.32 bits per heavy atom. The molecule has 4 aliphatic carbocycles. The molecular formula is C27H42O7. The summed E-state index contributed by atoms with van der Waals surface area (Å²) in [6.07, 6.45) is 5.74. The van der Waals surface area contributed by atoms with Crippen molar-refractivity contribution in [2.45, 2.75) is 104 Å². The molecule has 0 aromatic rings. The van der Waals surface area contributed by atoms with Crippen LogP contribution >= 0.6 is 0 Å². The molecule has 0 aromatic heterocycles. The van der Waals surface area contributed by atoms with Crippen LogP contribution in [0.15, 0.2) is 11.6 Å². The Morgan fingerprint density at radius 2 is 1.79 bits per heavy atom. The van der Waals surface area contributed by atoms with Crippen LogP contribution < -0.4 is 0 Å². The van der Waals surface area contributed by atoms with Gasteiger partial charge in [-0.05, 0) is 88.5 Å². The predicted molar refractivity (Wildman–Crippen MR) is 127 cm³/mol. The molecule has 34 heavy (non-hydrogen) atoms. The van der Waals surface area contributed by atoms with E-state index >= 15 is 0 Å². The smallest absolute Gasteiger partial charge is 0.303 e. The summed E-state index contributed by atoms with van der Waals surface area (Å²) in [5.74, 6) is -0.0846. The third-order valence-electron chi connectivity index (χ3n) is 9.10. The Balaban J connectivity index is 0.000000350. The lowest BCUT2D eigenvalue weighted by molar-refractivity contribution is -0.182. The minimum Gasteiger partial charge on any atom is -0.460 e. The molecule has 7 nitrogen and oxygen atoms in total. The fourth-order valence-electron chi connectivity index (χ4n) is 7.71. The second-order valence-corrected chi connectivity index (χ2v) is 12.3. The molecule has 0 spiro atoms. The van der Waals surface area contributed by atoms with Crippen LogP contribution in [-0.2, 0) is 19.1 Å². The molecule has 7 atom stereocenters. The van der Waals surface area contributed by atoms with Crippen molar-refractivity contribution in [3.63, 3.8) is 0 Å². The zero-order chi connectivity index (χ0) is 25.7. The van der Waals surface area contributed by atoms with Gasteiger partial charge >= 0.3 is 5.97 Å². The Morgan fingerprint density at radius 1 is 1.15 bits per heavy atom. The van der Waals surface area contributed by atoms with E-state index in [9.17, 15) is 29.7 Å². The van der Waals surface area contributed by atoms with Gasteiger partial charge in [-0.15, -0.1) is 0 Å². The number of ketones is 2. The summed E-state index contributed by atoms with van der Waals surface area (Å²) in [6.45, 7) is 10.4. The quantitative estimate of drug-likeness (QED) is 0.521. The van der Waals surface area contributed by atoms with Crippen LogP contribution in [0.1, 0.15) is 86.5 Å². The van der Waals surface area contributed by atoms with Crippen molar-refractivity contribution in [2.24, 2.45) is 28.6 Å². The van der Waals surface area contributed by atoms with Crippen LogP contribution in [0.4, 0.5) is 0 Å². The topological polar surface area (TPSA) is 121 Å². The normalized spacial score (nSPS) is 41.2. The lowest BCUT2D eigenvalue weighted by atomic mass is 9.45. The second kappa shape index (κ2) is 9.14. The Kier molecular flexibility index (Phi) is 7.26. The van der Waals surface area contributed by atoms with Crippen LogP contribution in [0.5, 0.6) is 0 Å². The van der Waals surface area contributed by atoms with Crippen LogP contribution in [0.25, 0.3) is 0 Å². The van der Waals surface area contributed by atoms with Gasteiger partial charge in [0.2, 0.25) is 0 Å². The molecular weight excluding hydrogens is 436 g/mol. The lowest BCUT2D eigenvalue weighted by Crippen LogP contribution is -2.62. The van der Waals surface area contributed by atoms with Crippen molar-refractivity contribution in [1.29, 1.82) is 0 Å². The maximum absolute atomic E-state index is 12.4. The van der Waals surface area contributed by atoms with E-state index in [1.165, 1.54) is 12.5 Å². The van der Waals surface area contributed by atoms with Gasteiger partial charge in [0.25, 0.3) is 0 Å². The highest BCUT2D eigenvalue weighted by molar-refractivity contribution is 5.91. The van der Waals surface area contributed by atoms with Gasteiger partial charge in [-0.1, -0.05) is 19.4 Å². The highest BCUT2D eigenvalue weighted by Gasteiger charge is 2.68. The fourth-order valence-corrected chi connectivity index (χ4v) is 7.71. The molecule has 0 heterocycles. The lowest BCUT2D eigenvalue weighted by Gasteiger charge is -2.60. The molecule has 0 bridgehead atoms. The van der Waals surface area contributed by atoms with Gasteiger partial charge in [-0.25, -0.2) is 0 Å². The number of esters is 1. The van der Waals surface area contributed by atoms with Crippen molar-refractivity contribution >= 4 is 17.5 Å². The van der Waals surface area contributed by atoms with Gasteiger partial charge in [0.15, 0.2) is 11.6 Å². The van der Waals surface area contributed by atoms with Crippen LogP contribution in [-0.4, -0.2) is 56.8 Å². The maximum atomic E-state index is 12.4. The zero-order valence-electron chi connectivity index (χ0n) is 21.5. The summed E-state index contributed by atoms with van der Waals surface area (Å²) in [6, 6.07) is 0. The van der Waals surface area contributed by atoms with Crippen LogP contribution in [0.2, 0.25) is 0 Å². The molecule has 0 aromatic carbocycles. The number of Topliss-reactive ketones (excluding diaryl/α,β-unsaturated/α-hetero) is 1. The van der Waals surface area contributed by atoms with Crippen LogP contribution in [0.3, 0.4) is 0 Å². The first-order chi connectivity index (χ1) is 15.6. The number of rotatable bonds is 2. The SMILES string of the molecule is CC(=O)OC(C)(C)C.C[C@]12CCC(=O)C=C1CC[C@@H]1[C@@H]2[C@@H](O)C[C@@]2(C)[C@H]1CC[C@]2(O)C(=O)CO. The Bertz CT molecular complexity index is 871. The van der Waals surface area contributed by atoms with E-state index in [0.717, 1.165) is 25.7 Å². The first-order valence-corrected chi connectivity index (χ1v) is 12.6. The Hall–Kier alpha value is -1.57. The zero-order valence-corrected chi connectivity index (χ0v) is 21.5. The maximum Gasteiger partial charge on any atom is 0.303 e. The highest BCUT2D eigenvalue weighted by atomic mass is 16.6. The number of carbonyl (C=O) groups excluding carboxylic acids is 3. The van der Waals surface area contributed by atoms with Crippen molar-refractivity contribution in [3.8, 4) is 0 Å². The van der Waals surface area contributed by atoms with E-state index in [2.05, 4.69) is 6.92 Å². The molecule has 0 aliphatic heterocycles. The summed E-state index contributed by atoms with van der Waals surface area (Å²) >= 11 is 0. The monoisotopic (exact) mass is 478 g/mol.